The quantitative estimate of drug-likeness (QED) is 0.704. The minimum atomic E-state index is -0.435. The SMILES string of the molecule is NCc1cccc(N=C(c2ccccc2)C2C(=O)Nc3ccccc32)c1. The van der Waals surface area contributed by atoms with Gasteiger partial charge in [0.05, 0.1) is 11.4 Å². The van der Waals surface area contributed by atoms with E-state index in [0.29, 0.717) is 6.54 Å². The molecule has 0 aliphatic carbocycles. The van der Waals surface area contributed by atoms with E-state index in [9.17, 15) is 4.79 Å². The molecule has 4 nitrogen and oxygen atoms in total. The zero-order chi connectivity index (χ0) is 17.9. The summed E-state index contributed by atoms with van der Waals surface area (Å²) in [5.74, 6) is -0.487. The largest absolute Gasteiger partial charge is 0.326 e. The van der Waals surface area contributed by atoms with Crippen LogP contribution in [0.25, 0.3) is 0 Å². The number of amides is 1. The Morgan fingerprint density at radius 2 is 1.73 bits per heavy atom. The van der Waals surface area contributed by atoms with Crippen molar-refractivity contribution in [2.45, 2.75) is 12.5 Å². The molecule has 0 radical (unpaired) electrons. The Morgan fingerprint density at radius 1 is 0.962 bits per heavy atom. The highest BCUT2D eigenvalue weighted by molar-refractivity contribution is 6.24. The number of nitrogens with one attached hydrogen (secondary N) is 1. The molecule has 0 saturated heterocycles. The average Bonchev–Trinajstić information content (AvgIpc) is 3.02. The third-order valence-corrected chi connectivity index (χ3v) is 4.53. The molecule has 0 aromatic heterocycles. The van der Waals surface area contributed by atoms with Gasteiger partial charge in [0, 0.05) is 12.2 Å². The first kappa shape index (κ1) is 16.2. The van der Waals surface area contributed by atoms with Gasteiger partial charge in [-0.15, -0.1) is 0 Å². The standard InChI is InChI=1S/C22H19N3O/c23-14-15-7-6-10-17(13-15)24-21(16-8-2-1-3-9-16)20-18-11-4-5-12-19(18)25-22(20)26/h1-13,20H,14,23H2,(H,25,26). The van der Waals surface area contributed by atoms with E-state index >= 15 is 0 Å². The number of para-hydroxylation sites is 1. The number of hydrogen-bond donors (Lipinski definition) is 2. The summed E-state index contributed by atoms with van der Waals surface area (Å²) in [4.78, 5) is 17.6. The summed E-state index contributed by atoms with van der Waals surface area (Å²) in [5, 5.41) is 2.97. The number of nitrogens with two attached hydrogens (primary N) is 1. The highest BCUT2D eigenvalue weighted by atomic mass is 16.2. The molecule has 1 aliphatic rings. The molecule has 1 atom stereocenters. The minimum Gasteiger partial charge on any atom is -0.326 e. The molecule has 1 heterocycles. The summed E-state index contributed by atoms with van der Waals surface area (Å²) >= 11 is 0. The number of fused-ring (bicyclic) bond motifs is 1. The second kappa shape index (κ2) is 6.94. The highest BCUT2D eigenvalue weighted by Crippen LogP contribution is 2.36. The van der Waals surface area contributed by atoms with Crippen LogP contribution in [-0.4, -0.2) is 11.6 Å². The van der Waals surface area contributed by atoms with Crippen molar-refractivity contribution in [3.8, 4) is 0 Å². The van der Waals surface area contributed by atoms with Crippen LogP contribution in [0.4, 0.5) is 11.4 Å². The zero-order valence-corrected chi connectivity index (χ0v) is 14.2. The van der Waals surface area contributed by atoms with Gasteiger partial charge < -0.3 is 11.1 Å². The monoisotopic (exact) mass is 341 g/mol. The lowest BCUT2D eigenvalue weighted by Gasteiger charge is -2.14. The summed E-state index contributed by atoms with van der Waals surface area (Å²) in [6, 6.07) is 25.4. The summed E-state index contributed by atoms with van der Waals surface area (Å²) in [6.07, 6.45) is 0. The number of carbonyl (C=O) groups is 1. The van der Waals surface area contributed by atoms with Crippen molar-refractivity contribution < 1.29 is 4.79 Å². The van der Waals surface area contributed by atoms with Crippen LogP contribution in [0.5, 0.6) is 0 Å². The Labute approximate surface area is 152 Å². The van der Waals surface area contributed by atoms with Gasteiger partial charge in [0.2, 0.25) is 5.91 Å². The van der Waals surface area contributed by atoms with Crippen LogP contribution in [0.2, 0.25) is 0 Å². The first-order valence-corrected chi connectivity index (χ1v) is 8.59. The molecule has 0 spiro atoms. The second-order valence-electron chi connectivity index (χ2n) is 6.25. The fourth-order valence-corrected chi connectivity index (χ4v) is 3.28. The van der Waals surface area contributed by atoms with Gasteiger partial charge in [0.25, 0.3) is 0 Å². The molecule has 1 unspecified atom stereocenters. The van der Waals surface area contributed by atoms with Crippen molar-refractivity contribution in [2.75, 3.05) is 5.32 Å². The summed E-state index contributed by atoms with van der Waals surface area (Å²) in [5.41, 5.74) is 11.0. The molecule has 3 aromatic rings. The molecule has 4 rings (SSSR count). The van der Waals surface area contributed by atoms with E-state index in [2.05, 4.69) is 5.32 Å². The van der Waals surface area contributed by atoms with E-state index in [-0.39, 0.29) is 5.91 Å². The van der Waals surface area contributed by atoms with Gasteiger partial charge in [-0.05, 0) is 34.9 Å². The Morgan fingerprint density at radius 3 is 2.54 bits per heavy atom. The molecular weight excluding hydrogens is 322 g/mol. The van der Waals surface area contributed by atoms with Crippen LogP contribution in [0, 0.1) is 0 Å². The van der Waals surface area contributed by atoms with E-state index in [1.807, 2.05) is 78.9 Å². The van der Waals surface area contributed by atoms with Gasteiger partial charge in [0.1, 0.15) is 5.92 Å². The van der Waals surface area contributed by atoms with Crippen molar-refractivity contribution in [3.63, 3.8) is 0 Å². The first-order valence-electron chi connectivity index (χ1n) is 8.59. The average molecular weight is 341 g/mol. The molecule has 1 aliphatic heterocycles. The highest BCUT2D eigenvalue weighted by Gasteiger charge is 2.35. The summed E-state index contributed by atoms with van der Waals surface area (Å²) in [6.45, 7) is 0.455. The van der Waals surface area contributed by atoms with Gasteiger partial charge in [-0.25, -0.2) is 0 Å². The number of rotatable bonds is 4. The summed E-state index contributed by atoms with van der Waals surface area (Å²) in [7, 11) is 0. The lowest BCUT2D eigenvalue weighted by atomic mass is 9.90. The molecule has 0 bridgehead atoms. The number of hydrogen-bond acceptors (Lipinski definition) is 3. The van der Waals surface area contributed by atoms with Gasteiger partial charge in [-0.3, -0.25) is 9.79 Å². The van der Waals surface area contributed by atoms with Crippen molar-refractivity contribution in [1.29, 1.82) is 0 Å². The summed E-state index contributed by atoms with van der Waals surface area (Å²) < 4.78 is 0. The number of aliphatic imine (C=N–C) groups is 1. The number of nitrogens with zero attached hydrogens (tertiary/aromatic N) is 1. The third kappa shape index (κ3) is 3.03. The van der Waals surface area contributed by atoms with Crippen LogP contribution in [0.1, 0.15) is 22.6 Å². The van der Waals surface area contributed by atoms with E-state index in [4.69, 9.17) is 10.7 Å². The number of benzene rings is 3. The van der Waals surface area contributed by atoms with Gasteiger partial charge in [-0.2, -0.15) is 0 Å². The van der Waals surface area contributed by atoms with E-state index in [0.717, 1.165) is 33.8 Å². The van der Waals surface area contributed by atoms with Crippen molar-refractivity contribution >= 4 is 23.0 Å². The Hall–Kier alpha value is -3.24. The molecule has 0 saturated carbocycles. The maximum absolute atomic E-state index is 12.7. The lowest BCUT2D eigenvalue weighted by molar-refractivity contribution is -0.115. The molecule has 1 amide bonds. The van der Waals surface area contributed by atoms with E-state index < -0.39 is 5.92 Å². The zero-order valence-electron chi connectivity index (χ0n) is 14.2. The maximum Gasteiger partial charge on any atom is 0.238 e. The van der Waals surface area contributed by atoms with E-state index in [1.54, 1.807) is 0 Å². The molecule has 26 heavy (non-hydrogen) atoms. The predicted octanol–water partition coefficient (Wildman–Crippen LogP) is 4.00. The Balaban J connectivity index is 1.87. The fourth-order valence-electron chi connectivity index (χ4n) is 3.28. The number of anilines is 1. The second-order valence-corrected chi connectivity index (χ2v) is 6.25. The Bertz CT molecular complexity index is 979. The molecular formula is C22H19N3O. The normalized spacial score (nSPS) is 16.3. The number of carbonyl (C=O) groups excluding carboxylic acids is 1. The third-order valence-electron chi connectivity index (χ3n) is 4.53. The predicted molar refractivity (Wildman–Crippen MR) is 105 cm³/mol. The van der Waals surface area contributed by atoms with Gasteiger partial charge in [-0.1, -0.05) is 60.7 Å². The molecule has 0 fully saturated rings. The topological polar surface area (TPSA) is 67.5 Å². The molecule has 4 heteroatoms. The van der Waals surface area contributed by atoms with Crippen molar-refractivity contribution in [2.24, 2.45) is 10.7 Å². The van der Waals surface area contributed by atoms with Gasteiger partial charge in [0.15, 0.2) is 0 Å². The lowest BCUT2D eigenvalue weighted by Crippen LogP contribution is -2.21. The molecule has 3 aromatic carbocycles. The van der Waals surface area contributed by atoms with Crippen LogP contribution in [0.15, 0.2) is 83.9 Å². The maximum atomic E-state index is 12.7. The van der Waals surface area contributed by atoms with Crippen LogP contribution >= 0.6 is 0 Å². The van der Waals surface area contributed by atoms with Crippen LogP contribution < -0.4 is 11.1 Å². The van der Waals surface area contributed by atoms with E-state index in [1.165, 1.54) is 0 Å². The molecule has 3 N–H and O–H groups in total. The van der Waals surface area contributed by atoms with Crippen LogP contribution in [-0.2, 0) is 11.3 Å². The van der Waals surface area contributed by atoms with Crippen molar-refractivity contribution in [1.82, 2.24) is 0 Å². The minimum absolute atomic E-state index is 0.0521. The fraction of sp³-hybridized carbons (Fsp3) is 0.0909. The van der Waals surface area contributed by atoms with Gasteiger partial charge >= 0.3 is 0 Å². The Kier molecular flexibility index (Phi) is 4.33. The smallest absolute Gasteiger partial charge is 0.238 e. The van der Waals surface area contributed by atoms with Crippen molar-refractivity contribution in [3.05, 3.63) is 95.6 Å². The molecule has 128 valence electrons. The van der Waals surface area contributed by atoms with Crippen LogP contribution in [0.3, 0.4) is 0 Å². The first-order chi connectivity index (χ1) is 12.8.